The van der Waals surface area contributed by atoms with Gasteiger partial charge in [-0.25, -0.2) is 5.43 Å². The molecule has 0 aliphatic rings. The van der Waals surface area contributed by atoms with Crippen LogP contribution in [-0.2, 0) is 6.61 Å². The number of halogens is 2. The Kier molecular flexibility index (Phi) is 7.64. The number of amides is 1. The van der Waals surface area contributed by atoms with Gasteiger partial charge in [0.25, 0.3) is 11.6 Å². The molecular formula is C22H17Cl2N3O5. The van der Waals surface area contributed by atoms with Crippen molar-refractivity contribution >= 4 is 41.0 Å². The Balaban J connectivity index is 1.70. The quantitative estimate of drug-likeness (QED) is 0.273. The highest BCUT2D eigenvalue weighted by Crippen LogP contribution is 2.37. The van der Waals surface area contributed by atoms with Gasteiger partial charge in [-0.15, -0.1) is 0 Å². The van der Waals surface area contributed by atoms with Crippen molar-refractivity contribution < 1.29 is 19.2 Å². The summed E-state index contributed by atoms with van der Waals surface area (Å²) in [5.41, 5.74) is 3.57. The number of hydrazone groups is 1. The summed E-state index contributed by atoms with van der Waals surface area (Å²) in [5, 5.41) is 15.6. The molecule has 0 spiro atoms. The standard InChI is InChI=1S/C22H17Cl2N3O5/c1-31-20-10-14(9-19(24)21(20)32-13-16-5-2-3-8-18(16)23)12-25-26-22(28)15-6-4-7-17(11-15)27(29)30/h2-12H,13H2,1H3,(H,26,28). The fourth-order valence-corrected chi connectivity index (χ4v) is 3.17. The van der Waals surface area contributed by atoms with Gasteiger partial charge < -0.3 is 9.47 Å². The number of nitrogens with zero attached hydrogens (tertiary/aromatic N) is 2. The summed E-state index contributed by atoms with van der Waals surface area (Å²) in [6.07, 6.45) is 1.36. The van der Waals surface area contributed by atoms with Crippen molar-refractivity contribution in [3.05, 3.63) is 97.5 Å². The first kappa shape index (κ1) is 23.1. The number of nitro groups is 1. The van der Waals surface area contributed by atoms with Gasteiger partial charge in [0.1, 0.15) is 6.61 Å². The van der Waals surface area contributed by atoms with Crippen LogP contribution in [0.1, 0.15) is 21.5 Å². The molecule has 1 N–H and O–H groups in total. The number of benzene rings is 3. The van der Waals surface area contributed by atoms with Gasteiger partial charge in [-0.2, -0.15) is 5.10 Å². The van der Waals surface area contributed by atoms with E-state index in [1.54, 1.807) is 18.2 Å². The van der Waals surface area contributed by atoms with E-state index in [2.05, 4.69) is 10.5 Å². The van der Waals surface area contributed by atoms with Crippen LogP contribution in [0.2, 0.25) is 10.0 Å². The molecule has 0 heterocycles. The van der Waals surface area contributed by atoms with E-state index in [0.717, 1.165) is 11.6 Å². The van der Waals surface area contributed by atoms with Crippen molar-refractivity contribution in [1.29, 1.82) is 0 Å². The van der Waals surface area contributed by atoms with Crippen molar-refractivity contribution in [2.24, 2.45) is 5.10 Å². The normalized spacial score (nSPS) is 10.7. The van der Waals surface area contributed by atoms with E-state index in [9.17, 15) is 14.9 Å². The van der Waals surface area contributed by atoms with Gasteiger partial charge in [0.2, 0.25) is 0 Å². The molecule has 32 heavy (non-hydrogen) atoms. The van der Waals surface area contributed by atoms with Crippen molar-refractivity contribution in [3.8, 4) is 11.5 Å². The second kappa shape index (κ2) is 10.6. The first-order valence-electron chi connectivity index (χ1n) is 9.20. The number of rotatable bonds is 8. The maximum atomic E-state index is 12.2. The smallest absolute Gasteiger partial charge is 0.271 e. The molecule has 8 nitrogen and oxygen atoms in total. The molecule has 0 saturated carbocycles. The van der Waals surface area contributed by atoms with Crippen LogP contribution >= 0.6 is 23.2 Å². The summed E-state index contributed by atoms with van der Waals surface area (Å²) in [4.78, 5) is 22.4. The summed E-state index contributed by atoms with van der Waals surface area (Å²) in [6, 6.07) is 15.8. The van der Waals surface area contributed by atoms with Crippen LogP contribution in [0.5, 0.6) is 11.5 Å². The van der Waals surface area contributed by atoms with Crippen LogP contribution in [-0.4, -0.2) is 24.2 Å². The van der Waals surface area contributed by atoms with Crippen molar-refractivity contribution in [2.45, 2.75) is 6.61 Å². The fraction of sp³-hybridized carbons (Fsp3) is 0.0909. The predicted octanol–water partition coefficient (Wildman–Crippen LogP) is 5.25. The number of methoxy groups -OCH3 is 1. The Bertz CT molecular complexity index is 1180. The minimum atomic E-state index is -0.595. The topological polar surface area (TPSA) is 103 Å². The Morgan fingerprint density at radius 1 is 1.12 bits per heavy atom. The minimum Gasteiger partial charge on any atom is -0.493 e. The third-order valence-corrected chi connectivity index (χ3v) is 4.93. The molecule has 3 aromatic carbocycles. The average Bonchev–Trinajstić information content (AvgIpc) is 2.79. The van der Waals surface area contributed by atoms with Gasteiger partial charge in [0.15, 0.2) is 11.5 Å². The third-order valence-electron chi connectivity index (χ3n) is 4.28. The molecule has 0 aliphatic carbocycles. The summed E-state index contributed by atoms with van der Waals surface area (Å²) in [6.45, 7) is 0.197. The summed E-state index contributed by atoms with van der Waals surface area (Å²) < 4.78 is 11.2. The SMILES string of the molecule is COc1cc(C=NNC(=O)c2cccc([N+](=O)[O-])c2)cc(Cl)c1OCc1ccccc1Cl. The summed E-state index contributed by atoms with van der Waals surface area (Å²) >= 11 is 12.5. The molecule has 0 radical (unpaired) electrons. The van der Waals surface area contributed by atoms with Gasteiger partial charge in [0.05, 0.1) is 23.3 Å². The van der Waals surface area contributed by atoms with E-state index in [1.807, 2.05) is 18.2 Å². The third kappa shape index (κ3) is 5.75. The molecule has 0 bridgehead atoms. The van der Waals surface area contributed by atoms with Crippen LogP contribution < -0.4 is 14.9 Å². The number of nitro benzene ring substituents is 1. The van der Waals surface area contributed by atoms with Gasteiger partial charge in [0, 0.05) is 28.3 Å². The van der Waals surface area contributed by atoms with Gasteiger partial charge in [-0.3, -0.25) is 14.9 Å². The minimum absolute atomic E-state index is 0.107. The zero-order valence-electron chi connectivity index (χ0n) is 16.7. The molecule has 0 aliphatic heterocycles. The first-order valence-corrected chi connectivity index (χ1v) is 9.96. The van der Waals surface area contributed by atoms with Crippen LogP contribution in [0.4, 0.5) is 5.69 Å². The van der Waals surface area contributed by atoms with Crippen molar-refractivity contribution in [2.75, 3.05) is 7.11 Å². The lowest BCUT2D eigenvalue weighted by Crippen LogP contribution is -2.17. The number of ether oxygens (including phenoxy) is 2. The highest BCUT2D eigenvalue weighted by atomic mass is 35.5. The molecule has 10 heteroatoms. The van der Waals surface area contributed by atoms with Crippen molar-refractivity contribution in [1.82, 2.24) is 5.43 Å². The molecular weight excluding hydrogens is 457 g/mol. The first-order chi connectivity index (χ1) is 15.4. The molecule has 164 valence electrons. The summed E-state index contributed by atoms with van der Waals surface area (Å²) in [5.74, 6) is 0.116. The van der Waals surface area contributed by atoms with E-state index < -0.39 is 10.8 Å². The molecule has 0 aromatic heterocycles. The molecule has 0 fully saturated rings. The second-order valence-corrected chi connectivity index (χ2v) is 7.24. The highest BCUT2D eigenvalue weighted by molar-refractivity contribution is 6.32. The lowest BCUT2D eigenvalue weighted by molar-refractivity contribution is -0.384. The lowest BCUT2D eigenvalue weighted by Gasteiger charge is -2.14. The van der Waals surface area contributed by atoms with Crippen LogP contribution in [0, 0.1) is 10.1 Å². The summed E-state index contributed by atoms with van der Waals surface area (Å²) in [7, 11) is 1.47. The molecule has 1 amide bonds. The number of hydrogen-bond donors (Lipinski definition) is 1. The number of carbonyl (C=O) groups excluding carboxylic acids is 1. The fourth-order valence-electron chi connectivity index (χ4n) is 2.71. The van der Waals surface area contributed by atoms with E-state index in [0.29, 0.717) is 22.1 Å². The van der Waals surface area contributed by atoms with Gasteiger partial charge in [-0.05, 0) is 29.8 Å². The zero-order valence-corrected chi connectivity index (χ0v) is 18.3. The number of hydrogen-bond acceptors (Lipinski definition) is 6. The van der Waals surface area contributed by atoms with Crippen LogP contribution in [0.3, 0.4) is 0 Å². The average molecular weight is 474 g/mol. The van der Waals surface area contributed by atoms with Crippen LogP contribution in [0.25, 0.3) is 0 Å². The van der Waals surface area contributed by atoms with Crippen LogP contribution in [0.15, 0.2) is 65.8 Å². The number of nitrogens with one attached hydrogen (secondary N) is 1. The monoisotopic (exact) mass is 473 g/mol. The number of non-ortho nitro benzene ring substituents is 1. The zero-order chi connectivity index (χ0) is 23.1. The Morgan fingerprint density at radius 3 is 2.62 bits per heavy atom. The predicted molar refractivity (Wildman–Crippen MR) is 122 cm³/mol. The Hall–Kier alpha value is -3.62. The molecule has 3 rings (SSSR count). The molecule has 0 atom stereocenters. The maximum absolute atomic E-state index is 12.2. The number of carbonyl (C=O) groups is 1. The van der Waals surface area contributed by atoms with Gasteiger partial charge in [-0.1, -0.05) is 47.5 Å². The van der Waals surface area contributed by atoms with E-state index >= 15 is 0 Å². The maximum Gasteiger partial charge on any atom is 0.271 e. The molecule has 3 aromatic rings. The second-order valence-electron chi connectivity index (χ2n) is 6.42. The highest BCUT2D eigenvalue weighted by Gasteiger charge is 2.13. The lowest BCUT2D eigenvalue weighted by atomic mass is 10.2. The molecule has 0 saturated heterocycles. The van der Waals surface area contributed by atoms with E-state index in [1.165, 1.54) is 31.5 Å². The molecule has 0 unspecified atom stereocenters. The van der Waals surface area contributed by atoms with E-state index in [4.69, 9.17) is 32.7 Å². The van der Waals surface area contributed by atoms with Crippen molar-refractivity contribution in [3.63, 3.8) is 0 Å². The Labute approximate surface area is 193 Å². The largest absolute Gasteiger partial charge is 0.493 e. The van der Waals surface area contributed by atoms with E-state index in [-0.39, 0.29) is 22.9 Å². The Morgan fingerprint density at radius 2 is 1.91 bits per heavy atom. The van der Waals surface area contributed by atoms with Gasteiger partial charge >= 0.3 is 0 Å².